The number of nitrogens with zero attached hydrogens (tertiary/aromatic N) is 2. The summed E-state index contributed by atoms with van der Waals surface area (Å²) in [5, 5.41) is 0. The summed E-state index contributed by atoms with van der Waals surface area (Å²) in [6.45, 7) is 4.55. The van der Waals surface area contributed by atoms with Crippen LogP contribution in [0.4, 0.5) is 0 Å². The Morgan fingerprint density at radius 1 is 1.32 bits per heavy atom. The number of esters is 1. The molecule has 0 saturated carbocycles. The molecule has 2 heterocycles. The largest absolute Gasteiger partial charge is 0.469 e. The topological polar surface area (TPSA) is 72.6 Å². The minimum Gasteiger partial charge on any atom is -0.469 e. The highest BCUT2D eigenvalue weighted by Gasteiger charge is 2.30. The molecule has 1 saturated heterocycles. The normalized spacial score (nSPS) is 16.5. The van der Waals surface area contributed by atoms with Crippen molar-refractivity contribution in [2.24, 2.45) is 5.92 Å². The van der Waals surface area contributed by atoms with Crippen LogP contribution in [0, 0.1) is 19.8 Å². The molecule has 19 heavy (non-hydrogen) atoms. The maximum absolute atomic E-state index is 12.3. The number of methoxy groups -OCH3 is 1. The zero-order chi connectivity index (χ0) is 14.0. The van der Waals surface area contributed by atoms with Crippen molar-refractivity contribution >= 4 is 11.9 Å². The van der Waals surface area contributed by atoms with E-state index in [-0.39, 0.29) is 17.8 Å². The first-order valence-corrected chi connectivity index (χ1v) is 6.34. The number of hydrogen-bond acceptors (Lipinski definition) is 5. The lowest BCUT2D eigenvalue weighted by Crippen LogP contribution is -2.40. The number of carbonyl (C=O) groups excluding carboxylic acids is 2. The van der Waals surface area contributed by atoms with Crippen LogP contribution in [0.5, 0.6) is 0 Å². The van der Waals surface area contributed by atoms with Gasteiger partial charge in [-0.3, -0.25) is 9.59 Å². The molecule has 104 valence electrons. The average Bonchev–Trinajstić information content (AvgIpc) is 2.76. The van der Waals surface area contributed by atoms with Gasteiger partial charge in [-0.05, 0) is 19.8 Å². The molecular formula is C13H18N2O4. The molecule has 1 aliphatic heterocycles. The fourth-order valence-electron chi connectivity index (χ4n) is 2.36. The fourth-order valence-corrected chi connectivity index (χ4v) is 2.36. The lowest BCUT2D eigenvalue weighted by Gasteiger charge is -2.30. The van der Waals surface area contributed by atoms with Gasteiger partial charge in [0.15, 0.2) is 5.89 Å². The second-order valence-corrected chi connectivity index (χ2v) is 4.74. The van der Waals surface area contributed by atoms with E-state index >= 15 is 0 Å². The number of carbonyl (C=O) groups is 2. The molecule has 0 N–H and O–H groups in total. The van der Waals surface area contributed by atoms with Crippen LogP contribution in [-0.2, 0) is 9.53 Å². The van der Waals surface area contributed by atoms with Crippen molar-refractivity contribution in [1.29, 1.82) is 0 Å². The summed E-state index contributed by atoms with van der Waals surface area (Å²) in [5.74, 6) is 0.339. The Balaban J connectivity index is 2.00. The van der Waals surface area contributed by atoms with Crippen LogP contribution in [0.25, 0.3) is 0 Å². The predicted molar refractivity (Wildman–Crippen MR) is 66.6 cm³/mol. The van der Waals surface area contributed by atoms with E-state index in [1.165, 1.54) is 7.11 Å². The summed E-state index contributed by atoms with van der Waals surface area (Å²) in [6, 6.07) is 0. The molecule has 1 aromatic rings. The lowest BCUT2D eigenvalue weighted by atomic mass is 9.97. The Kier molecular flexibility index (Phi) is 3.87. The van der Waals surface area contributed by atoms with Gasteiger partial charge in [-0.2, -0.15) is 0 Å². The van der Waals surface area contributed by atoms with Crippen LogP contribution in [0.15, 0.2) is 4.42 Å². The number of piperidine rings is 1. The molecule has 1 aliphatic rings. The SMILES string of the molecule is COC(=O)C1CCN(C(=O)c2oc(C)nc2C)CC1. The number of oxazole rings is 1. The molecule has 1 fully saturated rings. The molecule has 0 atom stereocenters. The van der Waals surface area contributed by atoms with Crippen molar-refractivity contribution in [1.82, 2.24) is 9.88 Å². The van der Waals surface area contributed by atoms with Gasteiger partial charge in [0.05, 0.1) is 18.7 Å². The molecule has 0 aromatic carbocycles. The molecule has 0 spiro atoms. The standard InChI is InChI=1S/C13H18N2O4/c1-8-11(19-9(2)14-8)12(16)15-6-4-10(5-7-15)13(17)18-3/h10H,4-7H2,1-3H3. The first-order valence-electron chi connectivity index (χ1n) is 6.34. The van der Waals surface area contributed by atoms with Crippen molar-refractivity contribution in [2.75, 3.05) is 20.2 Å². The second-order valence-electron chi connectivity index (χ2n) is 4.74. The molecule has 6 nitrogen and oxygen atoms in total. The first-order chi connectivity index (χ1) is 9.02. The highest BCUT2D eigenvalue weighted by Crippen LogP contribution is 2.21. The molecule has 0 radical (unpaired) electrons. The third-order valence-electron chi connectivity index (χ3n) is 3.41. The molecule has 0 aliphatic carbocycles. The Labute approximate surface area is 111 Å². The van der Waals surface area contributed by atoms with Crippen molar-refractivity contribution in [2.45, 2.75) is 26.7 Å². The molecule has 2 rings (SSSR count). The summed E-state index contributed by atoms with van der Waals surface area (Å²) in [7, 11) is 1.39. The van der Waals surface area contributed by atoms with E-state index in [2.05, 4.69) is 4.98 Å². The van der Waals surface area contributed by atoms with Crippen LogP contribution < -0.4 is 0 Å². The summed E-state index contributed by atoms with van der Waals surface area (Å²) < 4.78 is 10.1. The van der Waals surface area contributed by atoms with Gasteiger partial charge in [-0.15, -0.1) is 0 Å². The van der Waals surface area contributed by atoms with E-state index in [1.807, 2.05) is 0 Å². The minimum atomic E-state index is -0.196. The van der Waals surface area contributed by atoms with Gasteiger partial charge in [-0.1, -0.05) is 0 Å². The van der Waals surface area contributed by atoms with Gasteiger partial charge in [0.25, 0.3) is 5.91 Å². The average molecular weight is 266 g/mol. The summed E-state index contributed by atoms with van der Waals surface area (Å²) in [5.41, 5.74) is 0.609. The minimum absolute atomic E-state index is 0.105. The number of aryl methyl sites for hydroxylation is 2. The zero-order valence-corrected chi connectivity index (χ0v) is 11.4. The van der Waals surface area contributed by atoms with Gasteiger partial charge in [-0.25, -0.2) is 4.98 Å². The highest BCUT2D eigenvalue weighted by molar-refractivity contribution is 5.92. The van der Waals surface area contributed by atoms with Crippen molar-refractivity contribution in [3.8, 4) is 0 Å². The number of hydrogen-bond donors (Lipinski definition) is 0. The fraction of sp³-hybridized carbons (Fsp3) is 0.615. The first kappa shape index (κ1) is 13.6. The zero-order valence-electron chi connectivity index (χ0n) is 11.4. The summed E-state index contributed by atoms with van der Waals surface area (Å²) >= 11 is 0. The Hall–Kier alpha value is -1.85. The quantitative estimate of drug-likeness (QED) is 0.755. The van der Waals surface area contributed by atoms with Crippen molar-refractivity contribution < 1.29 is 18.7 Å². The maximum atomic E-state index is 12.3. The molecule has 6 heteroatoms. The van der Waals surface area contributed by atoms with Crippen molar-refractivity contribution in [3.05, 3.63) is 17.3 Å². The molecular weight excluding hydrogens is 248 g/mol. The van der Waals surface area contributed by atoms with Crippen LogP contribution in [-0.4, -0.2) is 42.0 Å². The number of rotatable bonds is 2. The van der Waals surface area contributed by atoms with Crippen molar-refractivity contribution in [3.63, 3.8) is 0 Å². The molecule has 1 aromatic heterocycles. The molecule has 1 amide bonds. The van der Waals surface area contributed by atoms with Crippen LogP contribution in [0.1, 0.15) is 35.0 Å². The highest BCUT2D eigenvalue weighted by atomic mass is 16.5. The summed E-state index contributed by atoms with van der Waals surface area (Å²) in [4.78, 5) is 29.5. The van der Waals surface area contributed by atoms with Crippen LogP contribution in [0.3, 0.4) is 0 Å². The van der Waals surface area contributed by atoms with Gasteiger partial charge in [0.1, 0.15) is 0 Å². The van der Waals surface area contributed by atoms with E-state index in [9.17, 15) is 9.59 Å². The Morgan fingerprint density at radius 2 is 1.95 bits per heavy atom. The van der Waals surface area contributed by atoms with E-state index in [4.69, 9.17) is 9.15 Å². The van der Waals surface area contributed by atoms with E-state index in [0.29, 0.717) is 43.3 Å². The molecule has 0 bridgehead atoms. The van der Waals surface area contributed by atoms with Crippen LogP contribution in [0.2, 0.25) is 0 Å². The smallest absolute Gasteiger partial charge is 0.308 e. The second kappa shape index (κ2) is 5.42. The van der Waals surface area contributed by atoms with Crippen LogP contribution >= 0.6 is 0 Å². The monoisotopic (exact) mass is 266 g/mol. The van der Waals surface area contributed by atoms with Gasteiger partial charge in [0.2, 0.25) is 5.76 Å². The Bertz CT molecular complexity index is 487. The van der Waals surface area contributed by atoms with E-state index in [0.717, 1.165) is 0 Å². The number of amides is 1. The van der Waals surface area contributed by atoms with Gasteiger partial charge in [0, 0.05) is 20.0 Å². The Morgan fingerprint density at radius 3 is 2.42 bits per heavy atom. The number of ether oxygens (including phenoxy) is 1. The number of likely N-dealkylation sites (tertiary alicyclic amines) is 1. The lowest BCUT2D eigenvalue weighted by molar-refractivity contribution is -0.146. The summed E-state index contributed by atoms with van der Waals surface area (Å²) in [6.07, 6.45) is 1.26. The van der Waals surface area contributed by atoms with E-state index < -0.39 is 0 Å². The third kappa shape index (κ3) is 2.77. The maximum Gasteiger partial charge on any atom is 0.308 e. The van der Waals surface area contributed by atoms with Gasteiger partial charge < -0.3 is 14.1 Å². The predicted octanol–water partition coefficient (Wildman–Crippen LogP) is 1.32. The van der Waals surface area contributed by atoms with E-state index in [1.54, 1.807) is 18.7 Å². The number of aromatic nitrogens is 1. The molecule has 0 unspecified atom stereocenters. The third-order valence-corrected chi connectivity index (χ3v) is 3.41. The van der Waals surface area contributed by atoms with Gasteiger partial charge >= 0.3 is 5.97 Å².